The maximum Gasteiger partial charge on any atom is 0.0812 e. The summed E-state index contributed by atoms with van der Waals surface area (Å²) in [5.74, 6) is 4.81. The zero-order chi connectivity index (χ0) is 7.11. The first-order valence-corrected chi connectivity index (χ1v) is 4.50. The van der Waals surface area contributed by atoms with Gasteiger partial charge in [-0.3, -0.25) is 4.72 Å². The maximum atomic E-state index is 4.81. The second-order valence-electron chi connectivity index (χ2n) is 1.56. The van der Waals surface area contributed by atoms with E-state index in [4.69, 9.17) is 5.90 Å². The van der Waals surface area contributed by atoms with Crippen LogP contribution in [-0.2, 0) is 4.84 Å². The Morgan fingerprint density at radius 1 is 1.78 bits per heavy atom. The van der Waals surface area contributed by atoms with E-state index in [2.05, 4.69) is 21.2 Å². The van der Waals surface area contributed by atoms with Crippen LogP contribution in [-0.4, -0.2) is 24.8 Å². The summed E-state index contributed by atoms with van der Waals surface area (Å²) in [7, 11) is 0.211. The Balaban J connectivity index is 3.07. The molecule has 0 saturated carbocycles. The van der Waals surface area contributed by atoms with Crippen LogP contribution in [0.3, 0.4) is 0 Å². The number of hydrogen-bond donors (Lipinski definition) is 2. The van der Waals surface area contributed by atoms with E-state index < -0.39 is 0 Å². The molecule has 0 saturated heterocycles. The monoisotopic (exact) mass is 150 g/mol. The minimum atomic E-state index is 0.211. The third-order valence-electron chi connectivity index (χ3n) is 0.903. The van der Waals surface area contributed by atoms with Crippen LogP contribution in [0.5, 0.6) is 0 Å². The van der Waals surface area contributed by atoms with E-state index in [0.29, 0.717) is 6.61 Å². The van der Waals surface area contributed by atoms with Crippen molar-refractivity contribution in [1.82, 2.24) is 4.72 Å². The molecule has 0 aromatic heterocycles. The molecule has 0 fully saturated rings. The number of rotatable bonds is 4. The van der Waals surface area contributed by atoms with E-state index in [1.54, 1.807) is 0 Å². The molecule has 4 heteroatoms. The Morgan fingerprint density at radius 2 is 2.44 bits per heavy atom. The molecule has 9 heavy (non-hydrogen) atoms. The van der Waals surface area contributed by atoms with Crippen LogP contribution in [0.4, 0.5) is 0 Å². The van der Waals surface area contributed by atoms with E-state index in [1.807, 2.05) is 6.92 Å². The summed E-state index contributed by atoms with van der Waals surface area (Å²) in [6.45, 7) is 3.42. The fraction of sp³-hybridized carbons (Fsp3) is 0.800. The predicted molar refractivity (Wildman–Crippen MR) is 43.4 cm³/mol. The summed E-state index contributed by atoms with van der Waals surface area (Å²) < 4.78 is 3.20. The molecule has 0 radical (unpaired) electrons. The van der Waals surface area contributed by atoms with Gasteiger partial charge in [-0.2, -0.15) is 0 Å². The van der Waals surface area contributed by atoms with E-state index in [0.717, 1.165) is 6.54 Å². The Morgan fingerprint density at radius 3 is 2.89 bits per heavy atom. The second kappa shape index (κ2) is 6.22. The van der Waals surface area contributed by atoms with Gasteiger partial charge in [-0.1, -0.05) is 5.37 Å². The average Bonchev–Trinajstić information content (AvgIpc) is 1.89. The van der Waals surface area contributed by atoms with E-state index in [9.17, 15) is 0 Å². The van der Waals surface area contributed by atoms with Crippen molar-refractivity contribution >= 4 is 16.0 Å². The van der Waals surface area contributed by atoms with Crippen molar-refractivity contribution < 1.29 is 4.84 Å². The lowest BCUT2D eigenvalue weighted by molar-refractivity contribution is 0.144. The molecule has 0 aromatic rings. The van der Waals surface area contributed by atoms with Crippen LogP contribution in [0.2, 0.25) is 0 Å². The molecule has 0 amide bonds. The normalized spacial score (nSPS) is 14.1. The smallest absolute Gasteiger partial charge is 0.0812 e. The van der Waals surface area contributed by atoms with Crippen molar-refractivity contribution in [3.05, 3.63) is 0 Å². The van der Waals surface area contributed by atoms with E-state index >= 15 is 0 Å². The molecule has 0 rings (SSSR count). The molecule has 0 bridgehead atoms. The zero-order valence-corrected chi connectivity index (χ0v) is 6.70. The van der Waals surface area contributed by atoms with E-state index in [1.165, 1.54) is 0 Å². The molecule has 1 unspecified atom stereocenters. The second-order valence-corrected chi connectivity index (χ2v) is 3.43. The summed E-state index contributed by atoms with van der Waals surface area (Å²) in [4.78, 5) is 4.36. The van der Waals surface area contributed by atoms with Gasteiger partial charge in [0.15, 0.2) is 0 Å². The molecular formula is C5H14N2OS. The van der Waals surface area contributed by atoms with Gasteiger partial charge in [-0.05, 0) is 13.2 Å². The van der Waals surface area contributed by atoms with Crippen LogP contribution >= 0.6 is 10.7 Å². The first-order valence-electron chi connectivity index (χ1n) is 2.80. The molecule has 0 aromatic carbocycles. The summed E-state index contributed by atoms with van der Waals surface area (Å²) in [6, 6.07) is 0. The molecule has 0 aliphatic rings. The fourth-order valence-electron chi connectivity index (χ4n) is 0.345. The molecule has 0 aliphatic carbocycles. The summed E-state index contributed by atoms with van der Waals surface area (Å²) >= 11 is 0. The SMILES string of the molecule is C/C=S(/C)NCCON. The molecular weight excluding hydrogens is 136 g/mol. The highest BCUT2D eigenvalue weighted by atomic mass is 32.2. The highest BCUT2D eigenvalue weighted by Gasteiger charge is 1.82. The molecule has 0 spiro atoms. The van der Waals surface area contributed by atoms with Gasteiger partial charge in [0.2, 0.25) is 0 Å². The van der Waals surface area contributed by atoms with Crippen molar-refractivity contribution in [2.45, 2.75) is 6.92 Å². The highest BCUT2D eigenvalue weighted by molar-refractivity contribution is 8.12. The Bertz CT molecular complexity index is 95.0. The van der Waals surface area contributed by atoms with Crippen molar-refractivity contribution in [3.8, 4) is 0 Å². The van der Waals surface area contributed by atoms with Crippen molar-refractivity contribution in [2.24, 2.45) is 5.90 Å². The molecule has 3 nitrogen and oxygen atoms in total. The Labute approximate surface area is 58.6 Å². The quantitative estimate of drug-likeness (QED) is 0.339. The van der Waals surface area contributed by atoms with Crippen molar-refractivity contribution in [3.63, 3.8) is 0 Å². The van der Waals surface area contributed by atoms with Crippen LogP contribution in [0.1, 0.15) is 6.92 Å². The minimum absolute atomic E-state index is 0.211. The first-order chi connectivity index (χ1) is 4.31. The van der Waals surface area contributed by atoms with Gasteiger partial charge in [-0.15, -0.1) is 10.7 Å². The third kappa shape index (κ3) is 5.98. The van der Waals surface area contributed by atoms with Gasteiger partial charge in [0, 0.05) is 6.54 Å². The lowest BCUT2D eigenvalue weighted by Gasteiger charge is -2.02. The van der Waals surface area contributed by atoms with Crippen LogP contribution in [0.15, 0.2) is 0 Å². The minimum Gasteiger partial charge on any atom is -0.303 e. The summed E-state index contributed by atoms with van der Waals surface area (Å²) in [5, 5.41) is 2.11. The van der Waals surface area contributed by atoms with Crippen LogP contribution < -0.4 is 10.6 Å². The van der Waals surface area contributed by atoms with Gasteiger partial charge in [0.1, 0.15) is 0 Å². The molecule has 3 N–H and O–H groups in total. The summed E-state index contributed by atoms with van der Waals surface area (Å²) in [6.07, 6.45) is 2.11. The molecule has 0 heterocycles. The van der Waals surface area contributed by atoms with Crippen molar-refractivity contribution in [2.75, 3.05) is 19.4 Å². The van der Waals surface area contributed by atoms with Gasteiger partial charge in [0.25, 0.3) is 0 Å². The highest BCUT2D eigenvalue weighted by Crippen LogP contribution is 1.93. The van der Waals surface area contributed by atoms with Gasteiger partial charge < -0.3 is 4.84 Å². The Kier molecular flexibility index (Phi) is 6.29. The Hall–Kier alpha value is 0.1000. The fourth-order valence-corrected chi connectivity index (χ4v) is 0.917. The predicted octanol–water partition coefficient (Wildman–Crippen LogP) is 0.102. The van der Waals surface area contributed by atoms with Crippen molar-refractivity contribution in [1.29, 1.82) is 0 Å². The van der Waals surface area contributed by atoms with Gasteiger partial charge >= 0.3 is 0 Å². The average molecular weight is 150 g/mol. The summed E-state index contributed by atoms with van der Waals surface area (Å²) in [5.41, 5.74) is 0. The van der Waals surface area contributed by atoms with E-state index in [-0.39, 0.29) is 10.7 Å². The standard InChI is InChI=1S/C5H14N2OS/c1-3-9(2)7-4-5-8-6/h3,7H,4-6H2,1-2H3. The first kappa shape index (κ1) is 9.10. The molecule has 56 valence electrons. The molecule has 1 atom stereocenters. The van der Waals surface area contributed by atoms with Crippen LogP contribution in [0, 0.1) is 0 Å². The third-order valence-corrected chi connectivity index (χ3v) is 2.27. The van der Waals surface area contributed by atoms with Gasteiger partial charge in [0.05, 0.1) is 6.61 Å². The largest absolute Gasteiger partial charge is 0.303 e. The topological polar surface area (TPSA) is 47.3 Å². The lowest BCUT2D eigenvalue weighted by atomic mass is 10.8. The zero-order valence-electron chi connectivity index (χ0n) is 5.89. The number of nitrogens with two attached hydrogens (primary N) is 1. The van der Waals surface area contributed by atoms with Gasteiger partial charge in [-0.25, -0.2) is 5.90 Å². The number of hydrogen-bond acceptors (Lipinski definition) is 3. The number of nitrogens with one attached hydrogen (secondary N) is 1. The maximum absolute atomic E-state index is 4.81. The van der Waals surface area contributed by atoms with Crippen LogP contribution in [0.25, 0.3) is 0 Å². The lowest BCUT2D eigenvalue weighted by Crippen LogP contribution is -2.16. The molecule has 0 aliphatic heterocycles.